The first-order chi connectivity index (χ1) is 18.7. The number of halogens is 2. The molecule has 0 bridgehead atoms. The number of carboxylic acid groups (broad SMARTS) is 1. The molecular formula is C25H28ClFN4O7S. The number of aliphatic carboxylic acids is 1. The maximum absolute atomic E-state index is 12.8. The number of morpholine rings is 1. The second-order valence-electron chi connectivity index (χ2n) is 8.22. The molecule has 0 amide bonds. The Morgan fingerprint density at radius 1 is 1.38 bits per heavy atom. The third-order valence-electron chi connectivity index (χ3n) is 5.48. The van der Waals surface area contributed by atoms with Crippen molar-refractivity contribution in [1.29, 1.82) is 0 Å². The van der Waals surface area contributed by atoms with Crippen LogP contribution in [-0.2, 0) is 28.6 Å². The van der Waals surface area contributed by atoms with Crippen LogP contribution in [0.4, 0.5) is 4.39 Å². The lowest BCUT2D eigenvalue weighted by molar-refractivity contribution is -0.164. The number of hydrogen-bond donors (Lipinski definition) is 2. The summed E-state index contributed by atoms with van der Waals surface area (Å²) in [7, 11) is 0. The number of rotatable bonds is 8. The van der Waals surface area contributed by atoms with Crippen LogP contribution >= 0.6 is 22.9 Å². The van der Waals surface area contributed by atoms with E-state index in [1.165, 1.54) is 30.4 Å². The number of thiazole rings is 1. The first-order valence-corrected chi connectivity index (χ1v) is 13.2. The average Bonchev–Trinajstić information content (AvgIpc) is 3.44. The molecule has 0 aliphatic carbocycles. The Morgan fingerprint density at radius 2 is 2.18 bits per heavy atom. The van der Waals surface area contributed by atoms with Gasteiger partial charge in [-0.1, -0.05) is 17.7 Å². The molecule has 0 spiro atoms. The molecule has 1 fully saturated rings. The summed E-state index contributed by atoms with van der Waals surface area (Å²) < 4.78 is 27.5. The van der Waals surface area contributed by atoms with Gasteiger partial charge in [0.15, 0.2) is 16.9 Å². The monoisotopic (exact) mass is 582 g/mol. The standard InChI is InChI=1S/C19H24N4O7S.C6H4ClF/c1-3-29-18(26)11(2)30-19(27)12-8-21-15(16-20-4-7-31-16)22-13(12)9-23-5-6-28-10-14(23)17(24)25;7-5-2-1-3-6(8)4-5/h4,7,11,14H,3,5-6,8-10H2,1-2H3,(H,21,22)(H,24,25);1-4H. The molecule has 1 aromatic carbocycles. The predicted molar refractivity (Wildman–Crippen MR) is 141 cm³/mol. The van der Waals surface area contributed by atoms with Gasteiger partial charge in [0.25, 0.3) is 0 Å². The van der Waals surface area contributed by atoms with Crippen LogP contribution in [0.25, 0.3) is 0 Å². The van der Waals surface area contributed by atoms with E-state index in [-0.39, 0.29) is 37.7 Å². The lowest BCUT2D eigenvalue weighted by atomic mass is 10.1. The van der Waals surface area contributed by atoms with Gasteiger partial charge in [-0.3, -0.25) is 14.7 Å². The van der Waals surface area contributed by atoms with E-state index in [1.807, 2.05) is 0 Å². The lowest BCUT2D eigenvalue weighted by Gasteiger charge is -2.34. The third kappa shape index (κ3) is 8.82. The Balaban J connectivity index is 0.000000449. The SMILES string of the molecule is CCOC(=O)C(C)OC(=O)C1=C(CN2CCOCC2C(=O)O)NC(c2nccs2)=NC1.Fc1cccc(Cl)c1. The number of hydrogen-bond acceptors (Lipinski definition) is 11. The number of aromatic nitrogens is 1. The van der Waals surface area contributed by atoms with Crippen molar-refractivity contribution in [3.8, 4) is 0 Å². The van der Waals surface area contributed by atoms with Gasteiger partial charge in [0, 0.05) is 35.4 Å². The Morgan fingerprint density at radius 3 is 2.79 bits per heavy atom. The highest BCUT2D eigenvalue weighted by Gasteiger charge is 2.33. The third-order valence-corrected chi connectivity index (χ3v) is 6.50. The quantitative estimate of drug-likeness (QED) is 0.446. The zero-order valence-electron chi connectivity index (χ0n) is 21.3. The van der Waals surface area contributed by atoms with Crippen molar-refractivity contribution < 1.29 is 38.1 Å². The van der Waals surface area contributed by atoms with Crippen molar-refractivity contribution in [2.75, 3.05) is 39.5 Å². The molecule has 39 heavy (non-hydrogen) atoms. The summed E-state index contributed by atoms with van der Waals surface area (Å²) >= 11 is 6.79. The minimum atomic E-state index is -1.08. The number of carbonyl (C=O) groups excluding carboxylic acids is 2. The summed E-state index contributed by atoms with van der Waals surface area (Å²) in [5.41, 5.74) is 0.668. The van der Waals surface area contributed by atoms with Gasteiger partial charge in [-0.2, -0.15) is 0 Å². The summed E-state index contributed by atoms with van der Waals surface area (Å²) in [5.74, 6) is -2.18. The van der Waals surface area contributed by atoms with Gasteiger partial charge in [-0.05, 0) is 32.0 Å². The van der Waals surface area contributed by atoms with Crippen LogP contribution in [0.15, 0.2) is 52.1 Å². The number of carboxylic acids is 1. The number of carbonyl (C=O) groups is 3. The Hall–Kier alpha value is -3.39. The second-order valence-corrected chi connectivity index (χ2v) is 9.55. The molecule has 11 nitrogen and oxygen atoms in total. The molecule has 2 atom stereocenters. The lowest BCUT2D eigenvalue weighted by Crippen LogP contribution is -2.52. The fraction of sp³-hybridized carbons (Fsp3) is 0.400. The minimum Gasteiger partial charge on any atom is -0.480 e. The second kappa shape index (κ2) is 14.7. The largest absolute Gasteiger partial charge is 0.480 e. The first kappa shape index (κ1) is 30.2. The number of nitrogens with zero attached hydrogens (tertiary/aromatic N) is 3. The molecule has 2 aliphatic rings. The van der Waals surface area contributed by atoms with Crippen molar-refractivity contribution >= 4 is 46.7 Å². The fourth-order valence-electron chi connectivity index (χ4n) is 3.55. The zero-order valence-corrected chi connectivity index (χ0v) is 22.8. The molecule has 3 heterocycles. The number of benzene rings is 1. The molecule has 2 N–H and O–H groups in total. The molecule has 210 valence electrons. The van der Waals surface area contributed by atoms with Gasteiger partial charge < -0.3 is 24.6 Å². The molecule has 0 radical (unpaired) electrons. The number of esters is 2. The van der Waals surface area contributed by atoms with Gasteiger partial charge in [-0.15, -0.1) is 11.3 Å². The maximum atomic E-state index is 12.8. The van der Waals surface area contributed by atoms with Crippen LogP contribution in [-0.4, -0.2) is 90.3 Å². The predicted octanol–water partition coefficient (Wildman–Crippen LogP) is 2.51. The van der Waals surface area contributed by atoms with E-state index in [1.54, 1.807) is 35.5 Å². The van der Waals surface area contributed by atoms with E-state index in [9.17, 15) is 23.9 Å². The van der Waals surface area contributed by atoms with Gasteiger partial charge in [0.2, 0.25) is 0 Å². The van der Waals surface area contributed by atoms with Crippen molar-refractivity contribution in [2.45, 2.75) is 26.0 Å². The number of amidine groups is 1. The van der Waals surface area contributed by atoms with Gasteiger partial charge in [-0.25, -0.2) is 19.0 Å². The Labute approximate surface area is 233 Å². The highest BCUT2D eigenvalue weighted by Crippen LogP contribution is 2.19. The van der Waals surface area contributed by atoms with Crippen LogP contribution in [0.5, 0.6) is 0 Å². The van der Waals surface area contributed by atoms with Crippen molar-refractivity contribution in [2.24, 2.45) is 4.99 Å². The normalized spacial score (nSPS) is 18.2. The van der Waals surface area contributed by atoms with E-state index in [4.69, 9.17) is 25.8 Å². The fourth-order valence-corrected chi connectivity index (χ4v) is 4.33. The summed E-state index contributed by atoms with van der Waals surface area (Å²) in [5, 5.41) is 15.5. The smallest absolute Gasteiger partial charge is 0.347 e. The van der Waals surface area contributed by atoms with Crippen molar-refractivity contribution in [3.63, 3.8) is 0 Å². The van der Waals surface area contributed by atoms with Gasteiger partial charge >= 0.3 is 17.9 Å². The summed E-state index contributed by atoms with van der Waals surface area (Å²) in [6.07, 6.45) is 0.557. The highest BCUT2D eigenvalue weighted by molar-refractivity contribution is 7.11. The van der Waals surface area contributed by atoms with E-state index in [0.717, 1.165) is 0 Å². The number of aliphatic imine (C=N–C) groups is 1. The Kier molecular flexibility index (Phi) is 11.3. The first-order valence-electron chi connectivity index (χ1n) is 12.0. The van der Waals surface area contributed by atoms with Crippen LogP contribution in [0.3, 0.4) is 0 Å². The topological polar surface area (TPSA) is 140 Å². The molecule has 14 heteroatoms. The molecule has 0 saturated carbocycles. The van der Waals surface area contributed by atoms with E-state index >= 15 is 0 Å². The van der Waals surface area contributed by atoms with Crippen LogP contribution < -0.4 is 5.32 Å². The van der Waals surface area contributed by atoms with E-state index in [0.29, 0.717) is 34.7 Å². The number of nitrogens with one attached hydrogen (secondary N) is 1. The average molecular weight is 583 g/mol. The molecule has 2 aromatic rings. The molecule has 2 unspecified atom stereocenters. The van der Waals surface area contributed by atoms with Crippen LogP contribution in [0.1, 0.15) is 18.9 Å². The van der Waals surface area contributed by atoms with Gasteiger partial charge in [0.05, 0.1) is 31.9 Å². The molecular weight excluding hydrogens is 555 g/mol. The Bertz CT molecular complexity index is 1210. The molecule has 1 saturated heterocycles. The van der Waals surface area contributed by atoms with Crippen LogP contribution in [0.2, 0.25) is 5.02 Å². The van der Waals surface area contributed by atoms with Crippen molar-refractivity contribution in [1.82, 2.24) is 15.2 Å². The van der Waals surface area contributed by atoms with E-state index in [2.05, 4.69) is 15.3 Å². The summed E-state index contributed by atoms with van der Waals surface area (Å²) in [4.78, 5) is 46.6. The summed E-state index contributed by atoms with van der Waals surface area (Å²) in [6.45, 7) is 4.22. The highest BCUT2D eigenvalue weighted by atomic mass is 35.5. The minimum absolute atomic E-state index is 0.00764. The molecule has 1 aromatic heterocycles. The summed E-state index contributed by atoms with van der Waals surface area (Å²) in [6, 6.07) is 4.97. The van der Waals surface area contributed by atoms with Crippen LogP contribution in [0, 0.1) is 5.82 Å². The molecule has 2 aliphatic heterocycles. The number of ether oxygens (including phenoxy) is 3. The zero-order chi connectivity index (χ0) is 28.4. The van der Waals surface area contributed by atoms with E-state index < -0.39 is 30.1 Å². The maximum Gasteiger partial charge on any atom is 0.347 e. The molecule has 4 rings (SSSR count). The van der Waals surface area contributed by atoms with Crippen molar-refractivity contribution in [3.05, 3.63) is 63.0 Å². The van der Waals surface area contributed by atoms with Gasteiger partial charge in [0.1, 0.15) is 11.9 Å².